The highest BCUT2D eigenvalue weighted by Crippen LogP contribution is 2.15. The molecule has 0 aromatic rings. The van der Waals surface area contributed by atoms with Gasteiger partial charge in [0.05, 0.1) is 5.60 Å². The molecule has 15 heavy (non-hydrogen) atoms. The molecule has 0 saturated carbocycles. The van der Waals surface area contributed by atoms with E-state index in [0.717, 1.165) is 5.92 Å². The minimum absolute atomic E-state index is 0.403. The second-order valence-electron chi connectivity index (χ2n) is 5.03. The fraction of sp³-hybridized carbons (Fsp3) is 1.00. The summed E-state index contributed by atoms with van der Waals surface area (Å²) in [5.74, 6) is 1.00. The van der Waals surface area contributed by atoms with Crippen molar-refractivity contribution in [3.8, 4) is 0 Å². The van der Waals surface area contributed by atoms with E-state index in [0.29, 0.717) is 0 Å². The van der Waals surface area contributed by atoms with E-state index < -0.39 is 5.60 Å². The van der Waals surface area contributed by atoms with Crippen LogP contribution in [0.3, 0.4) is 0 Å². The molecule has 0 unspecified atom stereocenters. The standard InChI is InChI=1S/C9H20.C4H10O2/c1-4-7-8-9(5-2)6-3;1-4(2,3)6-5/h9H,4-8H2,1-3H3;5H,1-3H3. The summed E-state index contributed by atoms with van der Waals surface area (Å²) in [5.41, 5.74) is -0.403. The van der Waals surface area contributed by atoms with Gasteiger partial charge in [-0.05, 0) is 26.7 Å². The van der Waals surface area contributed by atoms with Crippen molar-refractivity contribution in [2.24, 2.45) is 5.92 Å². The second kappa shape index (κ2) is 10.4. The molecule has 0 rings (SSSR count). The van der Waals surface area contributed by atoms with Crippen LogP contribution in [0.25, 0.3) is 0 Å². The van der Waals surface area contributed by atoms with Crippen LogP contribution in [0, 0.1) is 5.92 Å². The van der Waals surface area contributed by atoms with E-state index in [1.54, 1.807) is 20.8 Å². The first-order valence-corrected chi connectivity index (χ1v) is 6.23. The molecule has 2 nitrogen and oxygen atoms in total. The molecule has 0 bridgehead atoms. The first-order chi connectivity index (χ1) is 6.91. The summed E-state index contributed by atoms with van der Waals surface area (Å²) in [4.78, 5) is 3.94. The largest absolute Gasteiger partial charge is 0.251 e. The average Bonchev–Trinajstić information content (AvgIpc) is 2.19. The fourth-order valence-electron chi connectivity index (χ4n) is 1.19. The van der Waals surface area contributed by atoms with Gasteiger partial charge in [0.1, 0.15) is 0 Å². The van der Waals surface area contributed by atoms with Crippen molar-refractivity contribution < 1.29 is 10.1 Å². The third kappa shape index (κ3) is 16.6. The van der Waals surface area contributed by atoms with Crippen LogP contribution in [0.4, 0.5) is 0 Å². The Hall–Kier alpha value is -0.0800. The van der Waals surface area contributed by atoms with Gasteiger partial charge in [0, 0.05) is 0 Å². The van der Waals surface area contributed by atoms with Crippen LogP contribution in [0.1, 0.15) is 73.6 Å². The van der Waals surface area contributed by atoms with Gasteiger partial charge in [-0.3, -0.25) is 5.26 Å². The van der Waals surface area contributed by atoms with Crippen molar-refractivity contribution in [1.29, 1.82) is 0 Å². The van der Waals surface area contributed by atoms with E-state index in [4.69, 9.17) is 5.26 Å². The third-order valence-electron chi connectivity index (χ3n) is 2.39. The van der Waals surface area contributed by atoms with Crippen molar-refractivity contribution in [3.63, 3.8) is 0 Å². The van der Waals surface area contributed by atoms with Crippen LogP contribution in [0.2, 0.25) is 0 Å². The maximum absolute atomic E-state index is 7.90. The minimum atomic E-state index is -0.403. The maximum Gasteiger partial charge on any atom is 0.0949 e. The summed E-state index contributed by atoms with van der Waals surface area (Å²) in [6, 6.07) is 0. The third-order valence-corrected chi connectivity index (χ3v) is 2.39. The van der Waals surface area contributed by atoms with Crippen molar-refractivity contribution in [3.05, 3.63) is 0 Å². The van der Waals surface area contributed by atoms with E-state index >= 15 is 0 Å². The lowest BCUT2D eigenvalue weighted by atomic mass is 9.97. The molecule has 0 aliphatic heterocycles. The molecule has 0 atom stereocenters. The van der Waals surface area contributed by atoms with Gasteiger partial charge in [-0.2, -0.15) is 0 Å². The molecular formula is C13H30O2. The molecule has 0 aliphatic rings. The molecule has 0 aromatic carbocycles. The number of hydrogen-bond acceptors (Lipinski definition) is 2. The van der Waals surface area contributed by atoms with Crippen LogP contribution in [-0.4, -0.2) is 10.9 Å². The Morgan fingerprint density at radius 3 is 1.67 bits per heavy atom. The number of hydrogen-bond donors (Lipinski definition) is 1. The molecule has 1 N–H and O–H groups in total. The monoisotopic (exact) mass is 218 g/mol. The van der Waals surface area contributed by atoms with Crippen molar-refractivity contribution in [1.82, 2.24) is 0 Å². The van der Waals surface area contributed by atoms with Gasteiger partial charge in [-0.15, -0.1) is 0 Å². The van der Waals surface area contributed by atoms with Gasteiger partial charge in [-0.1, -0.05) is 52.9 Å². The molecule has 0 aromatic heterocycles. The molecule has 94 valence electrons. The summed E-state index contributed by atoms with van der Waals surface area (Å²) >= 11 is 0. The smallest absolute Gasteiger partial charge is 0.0949 e. The van der Waals surface area contributed by atoms with E-state index in [2.05, 4.69) is 25.7 Å². The van der Waals surface area contributed by atoms with E-state index in [-0.39, 0.29) is 0 Å². The Bertz CT molecular complexity index is 112. The molecule has 0 amide bonds. The summed E-state index contributed by atoms with van der Waals surface area (Å²) in [5, 5.41) is 7.90. The summed E-state index contributed by atoms with van der Waals surface area (Å²) in [6.07, 6.45) is 6.97. The van der Waals surface area contributed by atoms with Gasteiger partial charge in [-0.25, -0.2) is 4.89 Å². The Balaban J connectivity index is 0. The molecule has 0 radical (unpaired) electrons. The molecule has 2 heteroatoms. The van der Waals surface area contributed by atoms with Crippen LogP contribution < -0.4 is 0 Å². The van der Waals surface area contributed by atoms with Crippen LogP contribution in [0.15, 0.2) is 0 Å². The SMILES string of the molecule is CC(C)(C)OO.CCCCC(CC)CC. The van der Waals surface area contributed by atoms with E-state index in [1.807, 2.05) is 0 Å². The van der Waals surface area contributed by atoms with Crippen molar-refractivity contribution in [2.75, 3.05) is 0 Å². The lowest BCUT2D eigenvalue weighted by Crippen LogP contribution is -2.15. The lowest BCUT2D eigenvalue weighted by Gasteiger charge is -2.10. The zero-order valence-electron chi connectivity index (χ0n) is 11.5. The van der Waals surface area contributed by atoms with Gasteiger partial charge >= 0.3 is 0 Å². The molecule has 0 aliphatic carbocycles. The highest BCUT2D eigenvalue weighted by atomic mass is 17.1. The zero-order valence-corrected chi connectivity index (χ0v) is 11.5. The second-order valence-corrected chi connectivity index (χ2v) is 5.03. The van der Waals surface area contributed by atoms with Crippen molar-refractivity contribution >= 4 is 0 Å². The number of rotatable bonds is 5. The van der Waals surface area contributed by atoms with Gasteiger partial charge in [0.25, 0.3) is 0 Å². The van der Waals surface area contributed by atoms with Crippen LogP contribution in [-0.2, 0) is 4.89 Å². The predicted molar refractivity (Wildman–Crippen MR) is 67.1 cm³/mol. The van der Waals surface area contributed by atoms with Gasteiger partial charge in [0.2, 0.25) is 0 Å². The van der Waals surface area contributed by atoms with Crippen LogP contribution in [0.5, 0.6) is 0 Å². The summed E-state index contributed by atoms with van der Waals surface area (Å²) < 4.78 is 0. The highest BCUT2D eigenvalue weighted by Gasteiger charge is 2.07. The first-order valence-electron chi connectivity index (χ1n) is 6.23. The van der Waals surface area contributed by atoms with Crippen molar-refractivity contribution in [2.45, 2.75) is 79.2 Å². The van der Waals surface area contributed by atoms with Gasteiger partial charge in [0.15, 0.2) is 0 Å². The zero-order chi connectivity index (χ0) is 12.3. The van der Waals surface area contributed by atoms with Gasteiger partial charge < -0.3 is 0 Å². The Labute approximate surface area is 96.0 Å². The molecule has 0 fully saturated rings. The summed E-state index contributed by atoms with van der Waals surface area (Å²) in [7, 11) is 0. The Kier molecular flexibility index (Phi) is 12.1. The minimum Gasteiger partial charge on any atom is -0.251 e. The molecule has 0 heterocycles. The van der Waals surface area contributed by atoms with E-state index in [9.17, 15) is 0 Å². The number of unbranched alkanes of at least 4 members (excludes halogenated alkanes) is 1. The van der Waals surface area contributed by atoms with E-state index in [1.165, 1.54) is 32.1 Å². The quantitative estimate of drug-likeness (QED) is 0.526. The fourth-order valence-corrected chi connectivity index (χ4v) is 1.19. The summed E-state index contributed by atoms with van der Waals surface area (Å²) in [6.45, 7) is 12.2. The Morgan fingerprint density at radius 1 is 1.07 bits per heavy atom. The first kappa shape index (κ1) is 17.3. The molecular weight excluding hydrogens is 188 g/mol. The topological polar surface area (TPSA) is 29.5 Å². The predicted octanol–water partition coefficient (Wildman–Crippen LogP) is 4.89. The Morgan fingerprint density at radius 2 is 1.47 bits per heavy atom. The average molecular weight is 218 g/mol. The lowest BCUT2D eigenvalue weighted by molar-refractivity contribution is -0.306. The normalized spacial score (nSPS) is 11.2. The highest BCUT2D eigenvalue weighted by molar-refractivity contribution is 4.53. The molecule has 0 saturated heterocycles. The van der Waals surface area contributed by atoms with Crippen LogP contribution >= 0.6 is 0 Å². The maximum atomic E-state index is 7.90. The molecule has 0 spiro atoms.